The average Bonchev–Trinajstić information content (AvgIpc) is 3.26. The molecular weight excluding hydrogens is 691 g/mol. The van der Waals surface area contributed by atoms with Gasteiger partial charge in [0.25, 0.3) is 6.71 Å². The predicted molar refractivity (Wildman–Crippen MR) is 240 cm³/mol. The molecule has 2 heterocycles. The van der Waals surface area contributed by atoms with E-state index in [1.807, 2.05) is 0 Å². The molecule has 12 rings (SSSR count). The van der Waals surface area contributed by atoms with Crippen LogP contribution in [0.4, 0.5) is 34.1 Å². The van der Waals surface area contributed by atoms with Gasteiger partial charge >= 0.3 is 0 Å². The van der Waals surface area contributed by atoms with Crippen molar-refractivity contribution in [1.29, 1.82) is 0 Å². The fourth-order valence-electron chi connectivity index (χ4n) is 10.1. The first-order valence-corrected chi connectivity index (χ1v) is 19.9. The Bertz CT molecular complexity index is 3100. The van der Waals surface area contributed by atoms with E-state index in [9.17, 15) is 0 Å². The molecule has 0 amide bonds. The molecule has 0 saturated heterocycles. The first kappa shape index (κ1) is 32.2. The van der Waals surface area contributed by atoms with E-state index >= 15 is 0 Å². The second-order valence-corrected chi connectivity index (χ2v) is 16.0. The molecule has 0 bridgehead atoms. The third-order valence-electron chi connectivity index (χ3n) is 12.7. The van der Waals surface area contributed by atoms with Crippen molar-refractivity contribution < 1.29 is 4.74 Å². The fourth-order valence-corrected chi connectivity index (χ4v) is 10.1. The number of hydrogen-bond acceptors (Lipinski definition) is 3. The number of hydrogen-bond donors (Lipinski definition) is 0. The molecule has 4 heteroatoms. The second-order valence-electron chi connectivity index (χ2n) is 16.0. The Morgan fingerprint density at radius 2 is 1.19 bits per heavy atom. The molecule has 0 unspecified atom stereocenters. The molecule has 0 N–H and O–H groups in total. The van der Waals surface area contributed by atoms with Crippen molar-refractivity contribution >= 4 is 78.8 Å². The first-order chi connectivity index (χ1) is 28.1. The SMILES string of the molecule is CC1(C)c2cc3c(cc2-c2ccc(N(c4ccccc4)c4cccc5ccccc45)c4cccc1c24)Oc1cccc2c1B3c1ccccc1N2c1ccccc1. The highest BCUT2D eigenvalue weighted by Gasteiger charge is 2.44. The number of nitrogens with zero attached hydrogens (tertiary/aromatic N) is 2. The lowest BCUT2D eigenvalue weighted by molar-refractivity contribution is 0.487. The normalized spacial score (nSPS) is 14.0. The molecule has 0 radical (unpaired) electrons. The van der Waals surface area contributed by atoms with E-state index in [0.717, 1.165) is 34.2 Å². The first-order valence-electron chi connectivity index (χ1n) is 19.9. The summed E-state index contributed by atoms with van der Waals surface area (Å²) >= 11 is 0. The van der Waals surface area contributed by atoms with Crippen LogP contribution in [0.2, 0.25) is 0 Å². The van der Waals surface area contributed by atoms with Gasteiger partial charge in [0.1, 0.15) is 11.5 Å². The Kier molecular flexibility index (Phi) is 6.77. The summed E-state index contributed by atoms with van der Waals surface area (Å²) in [6.07, 6.45) is 0. The summed E-state index contributed by atoms with van der Waals surface area (Å²) in [6, 6.07) is 68.6. The maximum atomic E-state index is 7.03. The van der Waals surface area contributed by atoms with Crippen LogP contribution in [-0.4, -0.2) is 6.71 Å². The monoisotopic (exact) mass is 728 g/mol. The summed E-state index contributed by atoms with van der Waals surface area (Å²) in [5.74, 6) is 1.85. The van der Waals surface area contributed by atoms with Crippen molar-refractivity contribution in [2.24, 2.45) is 0 Å². The van der Waals surface area contributed by atoms with Crippen molar-refractivity contribution in [3.8, 4) is 22.6 Å². The van der Waals surface area contributed by atoms with Crippen LogP contribution in [-0.2, 0) is 5.41 Å². The number of ether oxygens (including phenoxy) is 1. The summed E-state index contributed by atoms with van der Waals surface area (Å²) in [5.41, 5.74) is 15.6. The summed E-state index contributed by atoms with van der Waals surface area (Å²) in [4.78, 5) is 4.84. The van der Waals surface area contributed by atoms with Crippen LogP contribution in [0.15, 0.2) is 188 Å². The summed E-state index contributed by atoms with van der Waals surface area (Å²) in [5, 5.41) is 4.98. The lowest BCUT2D eigenvalue weighted by atomic mass is 9.34. The largest absolute Gasteiger partial charge is 0.458 e. The quantitative estimate of drug-likeness (QED) is 0.168. The number of rotatable bonds is 4. The van der Waals surface area contributed by atoms with Crippen molar-refractivity contribution in [2.75, 3.05) is 9.80 Å². The highest BCUT2D eigenvalue weighted by atomic mass is 16.5. The Hall–Kier alpha value is -7.04. The minimum Gasteiger partial charge on any atom is -0.458 e. The third kappa shape index (κ3) is 4.56. The molecule has 0 spiro atoms. The van der Waals surface area contributed by atoms with E-state index in [1.165, 1.54) is 71.6 Å². The molecule has 2 aliphatic heterocycles. The Balaban J connectivity index is 1.08. The minimum absolute atomic E-state index is 0.0388. The van der Waals surface area contributed by atoms with E-state index in [-0.39, 0.29) is 12.1 Å². The smallest absolute Gasteiger partial charge is 0.256 e. The zero-order valence-electron chi connectivity index (χ0n) is 31.8. The highest BCUT2D eigenvalue weighted by Crippen LogP contribution is 2.53. The second kappa shape index (κ2) is 12.0. The molecule has 9 aromatic carbocycles. The van der Waals surface area contributed by atoms with Crippen LogP contribution >= 0.6 is 0 Å². The van der Waals surface area contributed by atoms with E-state index in [4.69, 9.17) is 4.74 Å². The zero-order valence-corrected chi connectivity index (χ0v) is 31.8. The molecule has 0 fully saturated rings. The van der Waals surface area contributed by atoms with Gasteiger partial charge in [-0.25, -0.2) is 0 Å². The molecule has 3 nitrogen and oxygen atoms in total. The standard InChI is InChI=1S/C53H37BN2O/c1-53(2)41-24-14-23-39-46(55(35-18-5-3-6-19-35)45-27-13-17-34-16-9-10-22-37(34)45)31-30-38(51(39)41)40-32-50-44(33-42(40)53)54-43-25-11-12-26-47(43)56(36-20-7-4-8-21-36)48-28-15-29-49(57-50)52(48)54/h3-33H,1-2H3. The maximum absolute atomic E-state index is 7.03. The molecule has 1 aliphatic carbocycles. The molecule has 268 valence electrons. The van der Waals surface area contributed by atoms with Crippen LogP contribution in [0.25, 0.3) is 32.7 Å². The van der Waals surface area contributed by atoms with Gasteiger partial charge < -0.3 is 14.5 Å². The number of benzene rings is 9. The summed E-state index contributed by atoms with van der Waals surface area (Å²) in [7, 11) is 0. The van der Waals surface area contributed by atoms with Crippen LogP contribution in [0, 0.1) is 0 Å². The van der Waals surface area contributed by atoms with Crippen molar-refractivity contribution in [1.82, 2.24) is 0 Å². The molecule has 0 aromatic heterocycles. The minimum atomic E-state index is -0.281. The highest BCUT2D eigenvalue weighted by molar-refractivity contribution is 6.99. The molecule has 0 saturated carbocycles. The van der Waals surface area contributed by atoms with Crippen LogP contribution in [0.1, 0.15) is 25.0 Å². The van der Waals surface area contributed by atoms with Gasteiger partial charge in [-0.3, -0.25) is 0 Å². The lowest BCUT2D eigenvalue weighted by Gasteiger charge is -2.41. The summed E-state index contributed by atoms with van der Waals surface area (Å²) in [6.45, 7) is 4.84. The van der Waals surface area contributed by atoms with Gasteiger partial charge in [0.2, 0.25) is 0 Å². The van der Waals surface area contributed by atoms with Crippen molar-refractivity contribution in [3.05, 3.63) is 199 Å². The van der Waals surface area contributed by atoms with Gasteiger partial charge in [-0.1, -0.05) is 141 Å². The Morgan fingerprint density at radius 3 is 2.07 bits per heavy atom. The van der Waals surface area contributed by atoms with Crippen molar-refractivity contribution in [3.63, 3.8) is 0 Å². The van der Waals surface area contributed by atoms with Gasteiger partial charge in [-0.2, -0.15) is 0 Å². The average molecular weight is 729 g/mol. The van der Waals surface area contributed by atoms with Crippen LogP contribution in [0.3, 0.4) is 0 Å². The third-order valence-corrected chi connectivity index (χ3v) is 12.7. The number of anilines is 6. The molecule has 0 atom stereocenters. The molecule has 57 heavy (non-hydrogen) atoms. The molecular formula is C53H37BN2O. The lowest BCUT2D eigenvalue weighted by Crippen LogP contribution is -2.59. The molecule has 9 aromatic rings. The topological polar surface area (TPSA) is 15.7 Å². The van der Waals surface area contributed by atoms with Crippen LogP contribution < -0.4 is 30.9 Å². The summed E-state index contributed by atoms with van der Waals surface area (Å²) < 4.78 is 7.03. The fraction of sp³-hybridized carbons (Fsp3) is 0.0566. The van der Waals surface area contributed by atoms with E-state index in [2.05, 4.69) is 212 Å². The van der Waals surface area contributed by atoms with E-state index in [1.54, 1.807) is 0 Å². The van der Waals surface area contributed by atoms with Gasteiger partial charge in [-0.05, 0) is 110 Å². The van der Waals surface area contributed by atoms with Gasteiger partial charge in [0.15, 0.2) is 0 Å². The van der Waals surface area contributed by atoms with Crippen LogP contribution in [0.5, 0.6) is 11.5 Å². The number of para-hydroxylation sites is 3. The van der Waals surface area contributed by atoms with E-state index in [0.29, 0.717) is 0 Å². The Labute approximate surface area is 333 Å². The number of fused-ring (bicyclic) bond motifs is 7. The van der Waals surface area contributed by atoms with Gasteiger partial charge in [0, 0.05) is 38.9 Å². The van der Waals surface area contributed by atoms with Crippen molar-refractivity contribution in [2.45, 2.75) is 19.3 Å². The van der Waals surface area contributed by atoms with E-state index < -0.39 is 0 Å². The van der Waals surface area contributed by atoms with Gasteiger partial charge in [0.05, 0.1) is 11.4 Å². The Morgan fingerprint density at radius 1 is 0.509 bits per heavy atom. The van der Waals surface area contributed by atoms with Gasteiger partial charge in [-0.15, -0.1) is 0 Å². The molecule has 3 aliphatic rings. The zero-order chi connectivity index (χ0) is 37.8. The maximum Gasteiger partial charge on any atom is 0.256 e. The predicted octanol–water partition coefficient (Wildman–Crippen LogP) is 12.2.